The summed E-state index contributed by atoms with van der Waals surface area (Å²) < 4.78 is 4.80. The Morgan fingerprint density at radius 2 is 1.55 bits per heavy atom. The molecular formula is C20H20N6O3. The van der Waals surface area contributed by atoms with Crippen LogP contribution < -0.4 is 21.7 Å². The van der Waals surface area contributed by atoms with Crippen molar-refractivity contribution < 1.29 is 14.3 Å². The third-order valence-corrected chi connectivity index (χ3v) is 3.94. The fraction of sp³-hybridized carbons (Fsp3) is 0.100. The minimum absolute atomic E-state index is 0.145. The molecule has 0 aliphatic rings. The van der Waals surface area contributed by atoms with Gasteiger partial charge >= 0.3 is 5.97 Å². The number of nitrogens with zero attached hydrogens (tertiary/aromatic N) is 2. The van der Waals surface area contributed by atoms with Crippen LogP contribution >= 0.6 is 0 Å². The lowest BCUT2D eigenvalue weighted by atomic mass is 10.2. The van der Waals surface area contributed by atoms with E-state index in [-0.39, 0.29) is 11.6 Å². The molecule has 5 N–H and O–H groups in total. The van der Waals surface area contributed by atoms with E-state index in [1.807, 2.05) is 0 Å². The molecule has 0 aliphatic heterocycles. The Morgan fingerprint density at radius 3 is 2.21 bits per heavy atom. The lowest BCUT2D eigenvalue weighted by Gasteiger charge is -2.14. The molecule has 0 fully saturated rings. The molecule has 9 nitrogen and oxygen atoms in total. The molecule has 9 heteroatoms. The minimum Gasteiger partial charge on any atom is -0.465 e. The number of rotatable bonds is 6. The van der Waals surface area contributed by atoms with Crippen LogP contribution in [-0.2, 0) is 9.53 Å². The molecule has 0 unspecified atom stereocenters. The highest BCUT2D eigenvalue weighted by Crippen LogP contribution is 2.29. The van der Waals surface area contributed by atoms with E-state index in [4.69, 9.17) is 10.5 Å². The number of ether oxygens (including phenoxy) is 1. The summed E-state index contributed by atoms with van der Waals surface area (Å²) in [5.41, 5.74) is 8.76. The second-order valence-electron chi connectivity index (χ2n) is 6.03. The van der Waals surface area contributed by atoms with Crippen LogP contribution in [0, 0.1) is 0 Å². The van der Waals surface area contributed by atoms with Gasteiger partial charge in [-0.15, -0.1) is 0 Å². The molecule has 0 aliphatic carbocycles. The van der Waals surface area contributed by atoms with Crippen molar-refractivity contribution in [3.05, 3.63) is 60.4 Å². The first-order chi connectivity index (χ1) is 14.0. The molecule has 0 atom stereocenters. The Kier molecular flexibility index (Phi) is 5.88. The number of anilines is 6. The van der Waals surface area contributed by atoms with E-state index in [2.05, 4.69) is 25.9 Å². The number of nitrogen functional groups attached to an aromatic ring is 1. The number of amides is 1. The average molecular weight is 392 g/mol. The van der Waals surface area contributed by atoms with Crippen molar-refractivity contribution in [2.75, 3.05) is 28.8 Å². The predicted octanol–water partition coefficient (Wildman–Crippen LogP) is 3.29. The van der Waals surface area contributed by atoms with Gasteiger partial charge in [0.1, 0.15) is 12.0 Å². The zero-order chi connectivity index (χ0) is 20.8. The Bertz CT molecular complexity index is 1040. The Labute approximate surface area is 167 Å². The summed E-state index contributed by atoms with van der Waals surface area (Å²) >= 11 is 0. The topological polar surface area (TPSA) is 131 Å². The SMILES string of the molecule is COC(=O)c1ccccc1Nc1ncnc(Nc2ccc(NC(C)=O)cc2)c1N. The van der Waals surface area contributed by atoms with Gasteiger partial charge in [0.25, 0.3) is 0 Å². The number of nitrogens with two attached hydrogens (primary N) is 1. The van der Waals surface area contributed by atoms with Crippen molar-refractivity contribution in [2.45, 2.75) is 6.92 Å². The van der Waals surface area contributed by atoms with Crippen LogP contribution in [-0.4, -0.2) is 29.0 Å². The van der Waals surface area contributed by atoms with Crippen LogP contribution in [0.4, 0.5) is 34.4 Å². The zero-order valence-corrected chi connectivity index (χ0v) is 15.9. The van der Waals surface area contributed by atoms with Gasteiger partial charge in [0.15, 0.2) is 11.6 Å². The van der Waals surface area contributed by atoms with Crippen molar-refractivity contribution in [1.82, 2.24) is 9.97 Å². The molecular weight excluding hydrogens is 372 g/mol. The summed E-state index contributed by atoms with van der Waals surface area (Å²) in [5.74, 6) is 0.117. The number of carbonyl (C=O) groups excluding carboxylic acids is 2. The van der Waals surface area contributed by atoms with Crippen molar-refractivity contribution >= 4 is 46.3 Å². The standard InChI is InChI=1S/C20H20N6O3/c1-12(27)24-13-7-9-14(10-8-13)25-18-17(21)19(23-11-22-18)26-16-6-4-3-5-15(16)20(28)29-2/h3-11H,21H2,1-2H3,(H,24,27)(H2,22,23,25,26). The summed E-state index contributed by atoms with van der Waals surface area (Å²) in [6.07, 6.45) is 1.35. The highest BCUT2D eigenvalue weighted by molar-refractivity contribution is 5.97. The maximum atomic E-state index is 11.9. The van der Waals surface area contributed by atoms with Gasteiger partial charge in [-0.05, 0) is 36.4 Å². The number of hydrogen-bond donors (Lipinski definition) is 4. The minimum atomic E-state index is -0.474. The van der Waals surface area contributed by atoms with E-state index in [1.54, 1.807) is 48.5 Å². The highest BCUT2D eigenvalue weighted by Gasteiger charge is 2.14. The third kappa shape index (κ3) is 4.78. The number of benzene rings is 2. The average Bonchev–Trinajstić information content (AvgIpc) is 2.72. The largest absolute Gasteiger partial charge is 0.465 e. The smallest absolute Gasteiger partial charge is 0.339 e. The molecule has 3 rings (SSSR count). The van der Waals surface area contributed by atoms with Crippen LogP contribution in [0.5, 0.6) is 0 Å². The summed E-state index contributed by atoms with van der Waals surface area (Å²) in [6, 6.07) is 14.0. The van der Waals surface area contributed by atoms with E-state index < -0.39 is 5.97 Å². The Hall–Kier alpha value is -4.14. The summed E-state index contributed by atoms with van der Waals surface area (Å²) in [7, 11) is 1.32. The fourth-order valence-electron chi connectivity index (χ4n) is 2.58. The lowest BCUT2D eigenvalue weighted by Crippen LogP contribution is -2.09. The second kappa shape index (κ2) is 8.70. The molecule has 148 valence electrons. The predicted molar refractivity (Wildman–Crippen MR) is 112 cm³/mol. The number of esters is 1. The molecule has 2 aromatic carbocycles. The van der Waals surface area contributed by atoms with Gasteiger partial charge in [-0.25, -0.2) is 14.8 Å². The van der Waals surface area contributed by atoms with E-state index in [9.17, 15) is 9.59 Å². The molecule has 0 spiro atoms. The van der Waals surface area contributed by atoms with Crippen LogP contribution in [0.1, 0.15) is 17.3 Å². The molecule has 1 heterocycles. The normalized spacial score (nSPS) is 10.1. The van der Waals surface area contributed by atoms with Gasteiger partial charge in [0.05, 0.1) is 18.4 Å². The van der Waals surface area contributed by atoms with E-state index in [0.717, 1.165) is 5.69 Å². The second-order valence-corrected chi connectivity index (χ2v) is 6.03. The van der Waals surface area contributed by atoms with Gasteiger partial charge in [-0.1, -0.05) is 12.1 Å². The fourth-order valence-corrected chi connectivity index (χ4v) is 2.58. The van der Waals surface area contributed by atoms with Crippen LogP contribution in [0.25, 0.3) is 0 Å². The van der Waals surface area contributed by atoms with Crippen molar-refractivity contribution in [3.8, 4) is 0 Å². The van der Waals surface area contributed by atoms with E-state index >= 15 is 0 Å². The van der Waals surface area contributed by atoms with Crippen LogP contribution in [0.2, 0.25) is 0 Å². The van der Waals surface area contributed by atoms with Crippen LogP contribution in [0.15, 0.2) is 54.9 Å². The first-order valence-corrected chi connectivity index (χ1v) is 8.67. The van der Waals surface area contributed by atoms with Gasteiger partial charge < -0.3 is 26.4 Å². The third-order valence-electron chi connectivity index (χ3n) is 3.94. The first-order valence-electron chi connectivity index (χ1n) is 8.67. The lowest BCUT2D eigenvalue weighted by molar-refractivity contribution is -0.114. The Balaban J connectivity index is 1.82. The molecule has 1 amide bonds. The number of para-hydroxylation sites is 1. The number of nitrogens with one attached hydrogen (secondary N) is 3. The van der Waals surface area contributed by atoms with Gasteiger partial charge in [-0.3, -0.25) is 4.79 Å². The zero-order valence-electron chi connectivity index (χ0n) is 15.9. The molecule has 1 aromatic heterocycles. The molecule has 29 heavy (non-hydrogen) atoms. The Morgan fingerprint density at radius 1 is 0.931 bits per heavy atom. The molecule has 0 radical (unpaired) electrons. The van der Waals surface area contributed by atoms with Crippen molar-refractivity contribution in [3.63, 3.8) is 0 Å². The van der Waals surface area contributed by atoms with Gasteiger partial charge in [-0.2, -0.15) is 0 Å². The molecule has 0 saturated heterocycles. The first kappa shape index (κ1) is 19.6. The van der Waals surface area contributed by atoms with Crippen molar-refractivity contribution in [2.24, 2.45) is 0 Å². The van der Waals surface area contributed by atoms with Crippen LogP contribution in [0.3, 0.4) is 0 Å². The number of aromatic nitrogens is 2. The molecule has 0 saturated carbocycles. The quantitative estimate of drug-likeness (QED) is 0.470. The number of carbonyl (C=O) groups is 2. The van der Waals surface area contributed by atoms with Gasteiger partial charge in [0, 0.05) is 18.3 Å². The molecule has 3 aromatic rings. The molecule has 0 bridgehead atoms. The maximum absolute atomic E-state index is 11.9. The van der Waals surface area contributed by atoms with E-state index in [0.29, 0.717) is 28.6 Å². The van der Waals surface area contributed by atoms with Gasteiger partial charge in [0.2, 0.25) is 5.91 Å². The summed E-state index contributed by atoms with van der Waals surface area (Å²) in [4.78, 5) is 31.4. The highest BCUT2D eigenvalue weighted by atomic mass is 16.5. The van der Waals surface area contributed by atoms with E-state index in [1.165, 1.54) is 20.4 Å². The summed E-state index contributed by atoms with van der Waals surface area (Å²) in [5, 5.41) is 8.85. The number of methoxy groups -OCH3 is 1. The van der Waals surface area contributed by atoms with Crippen molar-refractivity contribution in [1.29, 1.82) is 0 Å². The summed E-state index contributed by atoms with van der Waals surface area (Å²) in [6.45, 7) is 1.45. The number of hydrogen-bond acceptors (Lipinski definition) is 8. The monoisotopic (exact) mass is 392 g/mol. The maximum Gasteiger partial charge on any atom is 0.339 e.